The second kappa shape index (κ2) is 9.11. The van der Waals surface area contributed by atoms with Crippen molar-refractivity contribution in [2.75, 3.05) is 13.2 Å². The number of likely N-dealkylation sites (tertiary alicyclic amines) is 1. The lowest BCUT2D eigenvalue weighted by Crippen LogP contribution is -2.32. The summed E-state index contributed by atoms with van der Waals surface area (Å²) < 4.78 is 18.8. The number of ether oxygens (including phenoxy) is 1. The van der Waals surface area contributed by atoms with E-state index in [1.165, 1.54) is 17.7 Å². The van der Waals surface area contributed by atoms with E-state index in [1.54, 1.807) is 12.1 Å². The molecule has 1 saturated heterocycles. The number of rotatable bonds is 5. The summed E-state index contributed by atoms with van der Waals surface area (Å²) in [4.78, 5) is 19.8. The third-order valence-electron chi connectivity index (χ3n) is 6.41. The molecule has 5 heteroatoms. The van der Waals surface area contributed by atoms with Gasteiger partial charge in [0.25, 0.3) is 0 Å². The molecule has 2 aliphatic rings. The Morgan fingerprint density at radius 2 is 1.84 bits per heavy atom. The van der Waals surface area contributed by atoms with Crippen molar-refractivity contribution in [3.05, 3.63) is 94.6 Å². The van der Waals surface area contributed by atoms with Gasteiger partial charge >= 0.3 is 0 Å². The number of fused-ring (bicyclic) bond motifs is 1. The van der Waals surface area contributed by atoms with E-state index in [1.807, 2.05) is 29.3 Å². The van der Waals surface area contributed by atoms with Crippen LogP contribution < -0.4 is 4.74 Å². The molecule has 5 rings (SSSR count). The Kier molecular flexibility index (Phi) is 5.89. The van der Waals surface area contributed by atoms with E-state index in [2.05, 4.69) is 17.1 Å². The van der Waals surface area contributed by atoms with Crippen LogP contribution in [0.1, 0.15) is 53.3 Å². The zero-order chi connectivity index (χ0) is 21.9. The number of hydrogen-bond acceptors (Lipinski definition) is 3. The fourth-order valence-electron chi connectivity index (χ4n) is 4.75. The molecule has 164 valence electrons. The van der Waals surface area contributed by atoms with Gasteiger partial charge in [0.2, 0.25) is 5.91 Å². The Bertz CT molecular complexity index is 1100. The number of benzene rings is 2. The monoisotopic (exact) mass is 430 g/mol. The van der Waals surface area contributed by atoms with Crippen LogP contribution in [0.3, 0.4) is 0 Å². The van der Waals surface area contributed by atoms with E-state index >= 15 is 0 Å². The third kappa shape index (κ3) is 4.52. The smallest absolute Gasteiger partial charge is 0.227 e. The lowest BCUT2D eigenvalue weighted by atomic mass is 10.0. The van der Waals surface area contributed by atoms with Gasteiger partial charge in [-0.3, -0.25) is 9.78 Å². The largest absolute Gasteiger partial charge is 0.493 e. The predicted octanol–water partition coefficient (Wildman–Crippen LogP) is 5.04. The molecule has 0 N–H and O–H groups in total. The quantitative estimate of drug-likeness (QED) is 0.569. The van der Waals surface area contributed by atoms with Crippen molar-refractivity contribution in [2.45, 2.75) is 44.6 Å². The minimum Gasteiger partial charge on any atom is -0.493 e. The molecule has 2 aromatic carbocycles. The first-order valence-corrected chi connectivity index (χ1v) is 11.4. The zero-order valence-corrected chi connectivity index (χ0v) is 18.1. The second-order valence-electron chi connectivity index (χ2n) is 8.71. The van der Waals surface area contributed by atoms with Crippen molar-refractivity contribution < 1.29 is 13.9 Å². The first-order chi connectivity index (χ1) is 15.7. The minimum absolute atomic E-state index is 0.0309. The molecular formula is C27H27FN2O2. The highest BCUT2D eigenvalue weighted by Gasteiger charge is 2.30. The van der Waals surface area contributed by atoms with E-state index in [-0.39, 0.29) is 17.8 Å². The average Bonchev–Trinajstić information content (AvgIpc) is 3.31. The Balaban J connectivity index is 1.25. The number of hydrogen-bond donors (Lipinski definition) is 0. The molecule has 1 fully saturated rings. The van der Waals surface area contributed by atoms with Gasteiger partial charge in [-0.05, 0) is 78.6 Å². The van der Waals surface area contributed by atoms with E-state index in [9.17, 15) is 9.18 Å². The van der Waals surface area contributed by atoms with Gasteiger partial charge in [0.15, 0.2) is 0 Å². The predicted molar refractivity (Wildman–Crippen MR) is 121 cm³/mol. The van der Waals surface area contributed by atoms with Crippen LogP contribution in [0.5, 0.6) is 5.75 Å². The lowest BCUT2D eigenvalue weighted by molar-refractivity contribution is -0.131. The van der Waals surface area contributed by atoms with Gasteiger partial charge < -0.3 is 9.64 Å². The van der Waals surface area contributed by atoms with Crippen LogP contribution in [0.25, 0.3) is 0 Å². The van der Waals surface area contributed by atoms with Crippen molar-refractivity contribution >= 4 is 5.91 Å². The SMILES string of the molecule is O=C(Cc1ccc2c(c1)CCCO2)N1CCCC1c1ccc(Cc2ccc(F)cc2)cn1. The molecule has 1 amide bonds. The van der Waals surface area contributed by atoms with Gasteiger partial charge in [-0.2, -0.15) is 0 Å². The Morgan fingerprint density at radius 1 is 1.03 bits per heavy atom. The van der Waals surface area contributed by atoms with Crippen LogP contribution in [0.2, 0.25) is 0 Å². The summed E-state index contributed by atoms with van der Waals surface area (Å²) in [6.45, 7) is 1.55. The molecule has 0 aliphatic carbocycles. The fraction of sp³-hybridized carbons (Fsp3) is 0.333. The maximum atomic E-state index is 13.1. The van der Waals surface area contributed by atoms with Gasteiger partial charge in [-0.25, -0.2) is 4.39 Å². The van der Waals surface area contributed by atoms with Gasteiger partial charge in [0.1, 0.15) is 11.6 Å². The lowest BCUT2D eigenvalue weighted by Gasteiger charge is -2.25. The average molecular weight is 431 g/mol. The molecule has 1 atom stereocenters. The highest BCUT2D eigenvalue weighted by atomic mass is 19.1. The van der Waals surface area contributed by atoms with E-state index in [0.717, 1.165) is 67.0 Å². The maximum absolute atomic E-state index is 13.1. The number of carbonyl (C=O) groups is 1. The van der Waals surface area contributed by atoms with E-state index in [0.29, 0.717) is 12.8 Å². The minimum atomic E-state index is -0.225. The summed E-state index contributed by atoms with van der Waals surface area (Å²) in [6, 6.07) is 16.8. The number of aromatic nitrogens is 1. The van der Waals surface area contributed by atoms with E-state index in [4.69, 9.17) is 4.74 Å². The molecule has 1 unspecified atom stereocenters. The highest BCUT2D eigenvalue weighted by molar-refractivity contribution is 5.79. The molecular weight excluding hydrogens is 403 g/mol. The number of amides is 1. The van der Waals surface area contributed by atoms with Crippen LogP contribution in [-0.4, -0.2) is 28.9 Å². The first-order valence-electron chi connectivity index (χ1n) is 11.4. The Morgan fingerprint density at radius 3 is 2.66 bits per heavy atom. The normalized spacial score (nSPS) is 17.7. The molecule has 0 bridgehead atoms. The van der Waals surface area contributed by atoms with E-state index < -0.39 is 0 Å². The van der Waals surface area contributed by atoms with Crippen molar-refractivity contribution in [1.29, 1.82) is 0 Å². The van der Waals surface area contributed by atoms with Crippen molar-refractivity contribution in [3.8, 4) is 5.75 Å². The van der Waals surface area contributed by atoms with Gasteiger partial charge in [-0.1, -0.05) is 30.3 Å². The molecule has 2 aliphatic heterocycles. The molecule has 0 spiro atoms. The number of carbonyl (C=O) groups excluding carboxylic acids is 1. The maximum Gasteiger partial charge on any atom is 0.227 e. The number of aryl methyl sites for hydroxylation is 1. The molecule has 0 radical (unpaired) electrons. The second-order valence-corrected chi connectivity index (χ2v) is 8.71. The molecule has 0 saturated carbocycles. The summed E-state index contributed by atoms with van der Waals surface area (Å²) in [5.74, 6) is 0.884. The summed E-state index contributed by atoms with van der Waals surface area (Å²) in [7, 11) is 0. The summed E-state index contributed by atoms with van der Waals surface area (Å²) in [5.41, 5.74) is 5.32. The molecule has 3 heterocycles. The summed E-state index contributed by atoms with van der Waals surface area (Å²) in [5, 5.41) is 0. The fourth-order valence-corrected chi connectivity index (χ4v) is 4.75. The van der Waals surface area contributed by atoms with Crippen LogP contribution in [0, 0.1) is 5.82 Å². The first kappa shape index (κ1) is 20.7. The van der Waals surface area contributed by atoms with Crippen LogP contribution in [0.15, 0.2) is 60.8 Å². The molecule has 1 aromatic heterocycles. The van der Waals surface area contributed by atoms with Gasteiger partial charge in [0, 0.05) is 12.7 Å². The third-order valence-corrected chi connectivity index (χ3v) is 6.41. The highest BCUT2D eigenvalue weighted by Crippen LogP contribution is 2.32. The van der Waals surface area contributed by atoms with Gasteiger partial charge in [0.05, 0.1) is 24.8 Å². The molecule has 4 nitrogen and oxygen atoms in total. The van der Waals surface area contributed by atoms with Crippen molar-refractivity contribution in [2.24, 2.45) is 0 Å². The number of halogens is 1. The summed E-state index contributed by atoms with van der Waals surface area (Å²) >= 11 is 0. The van der Waals surface area contributed by atoms with Crippen LogP contribution >= 0.6 is 0 Å². The van der Waals surface area contributed by atoms with Gasteiger partial charge in [-0.15, -0.1) is 0 Å². The van der Waals surface area contributed by atoms with Crippen LogP contribution in [-0.2, 0) is 24.1 Å². The van der Waals surface area contributed by atoms with Crippen molar-refractivity contribution in [1.82, 2.24) is 9.88 Å². The standard InChI is InChI=1S/C27H27FN2O2/c28-23-9-5-19(6-10-23)15-21-7-11-24(29-18-21)25-4-1-13-30(25)27(31)17-20-8-12-26-22(16-20)3-2-14-32-26/h5-12,16,18,25H,1-4,13-15,17H2. The Labute approximate surface area is 188 Å². The number of nitrogens with zero attached hydrogens (tertiary/aromatic N) is 2. The molecule has 32 heavy (non-hydrogen) atoms. The van der Waals surface area contributed by atoms with Crippen LogP contribution in [0.4, 0.5) is 4.39 Å². The van der Waals surface area contributed by atoms with Crippen molar-refractivity contribution in [3.63, 3.8) is 0 Å². The molecule has 3 aromatic rings. The topological polar surface area (TPSA) is 42.4 Å². The Hall–Kier alpha value is -3.21. The zero-order valence-electron chi connectivity index (χ0n) is 18.1. The summed E-state index contributed by atoms with van der Waals surface area (Å²) in [6.07, 6.45) is 6.97. The number of pyridine rings is 1.